The van der Waals surface area contributed by atoms with Crippen molar-refractivity contribution in [2.45, 2.75) is 19.0 Å². The van der Waals surface area contributed by atoms with Crippen molar-refractivity contribution in [1.82, 2.24) is 5.32 Å². The normalized spacial score (nSPS) is 12.6. The molecule has 0 bridgehead atoms. The van der Waals surface area contributed by atoms with Crippen LogP contribution in [0.4, 0.5) is 0 Å². The molecule has 0 amide bonds. The molecule has 128 valence electrons. The van der Waals surface area contributed by atoms with Crippen molar-refractivity contribution in [3.63, 3.8) is 0 Å². The molecule has 3 N–H and O–H groups in total. The Morgan fingerprint density at radius 2 is 1.40 bits per heavy atom. The fraction of sp³-hybridized carbons (Fsp3) is 0.238. The summed E-state index contributed by atoms with van der Waals surface area (Å²) in [4.78, 5) is 0. The van der Waals surface area contributed by atoms with Crippen LogP contribution in [0.2, 0.25) is 0 Å². The minimum Gasteiger partial charge on any atom is -0.394 e. The zero-order valence-electron chi connectivity index (χ0n) is 14.0. The summed E-state index contributed by atoms with van der Waals surface area (Å²) in [5, 5.41) is 29.7. The number of hydrogen-bond acceptors (Lipinski definition) is 3. The van der Waals surface area contributed by atoms with Crippen LogP contribution in [0.1, 0.15) is 12.5 Å². The average molecular weight is 398 g/mol. The highest BCUT2D eigenvalue weighted by atomic mass is 79.9. The van der Waals surface area contributed by atoms with Gasteiger partial charge in [-0.3, -0.25) is 0 Å². The number of nitrogens with one attached hydrogen (secondary N) is 1. The van der Waals surface area contributed by atoms with E-state index in [1.165, 1.54) is 32.3 Å². The first-order valence-electron chi connectivity index (χ1n) is 8.38. The molecule has 0 fully saturated rings. The van der Waals surface area contributed by atoms with Gasteiger partial charge in [0.05, 0.1) is 18.8 Å². The summed E-state index contributed by atoms with van der Waals surface area (Å²) in [5.41, 5.74) is 0.475. The van der Waals surface area contributed by atoms with Crippen LogP contribution >= 0.6 is 15.9 Å². The van der Waals surface area contributed by atoms with Crippen molar-refractivity contribution in [3.05, 3.63) is 58.6 Å². The SMILES string of the molecule is CC(CO)(CO)NCc1ccc2ccc3c(Br)ccc4ccc1c2c43. The summed E-state index contributed by atoms with van der Waals surface area (Å²) in [6.07, 6.45) is 0. The number of benzene rings is 4. The maximum Gasteiger partial charge on any atom is 0.0633 e. The smallest absolute Gasteiger partial charge is 0.0633 e. The first kappa shape index (κ1) is 16.7. The van der Waals surface area contributed by atoms with E-state index in [2.05, 4.69) is 69.8 Å². The number of rotatable bonds is 5. The maximum atomic E-state index is 9.50. The van der Waals surface area contributed by atoms with E-state index in [9.17, 15) is 10.2 Å². The second-order valence-corrected chi connectivity index (χ2v) is 7.78. The lowest BCUT2D eigenvalue weighted by Gasteiger charge is -2.27. The van der Waals surface area contributed by atoms with E-state index in [1.54, 1.807) is 0 Å². The second-order valence-electron chi connectivity index (χ2n) is 6.92. The highest BCUT2D eigenvalue weighted by Gasteiger charge is 2.22. The molecular formula is C21H20BrNO2. The van der Waals surface area contributed by atoms with Gasteiger partial charge in [0.15, 0.2) is 0 Å². The Morgan fingerprint density at radius 3 is 2.08 bits per heavy atom. The molecule has 0 saturated carbocycles. The molecule has 4 aromatic carbocycles. The molecule has 0 spiro atoms. The molecule has 4 rings (SSSR count). The zero-order valence-corrected chi connectivity index (χ0v) is 15.6. The van der Waals surface area contributed by atoms with Gasteiger partial charge in [0.25, 0.3) is 0 Å². The third-order valence-corrected chi connectivity index (χ3v) is 5.80. The van der Waals surface area contributed by atoms with Crippen LogP contribution in [0, 0.1) is 0 Å². The van der Waals surface area contributed by atoms with Crippen LogP contribution in [-0.4, -0.2) is 29.0 Å². The number of halogens is 1. The Morgan fingerprint density at radius 1 is 0.840 bits per heavy atom. The van der Waals surface area contributed by atoms with E-state index in [1.807, 2.05) is 6.92 Å². The van der Waals surface area contributed by atoms with Crippen molar-refractivity contribution >= 4 is 48.2 Å². The van der Waals surface area contributed by atoms with Gasteiger partial charge >= 0.3 is 0 Å². The lowest BCUT2D eigenvalue weighted by molar-refractivity contribution is 0.103. The van der Waals surface area contributed by atoms with E-state index in [-0.39, 0.29) is 13.2 Å². The molecule has 0 heterocycles. The Labute approximate surface area is 154 Å². The fourth-order valence-corrected chi connectivity index (χ4v) is 3.91. The lowest BCUT2D eigenvalue weighted by Crippen LogP contribution is -2.48. The highest BCUT2D eigenvalue weighted by molar-refractivity contribution is 9.10. The van der Waals surface area contributed by atoms with Gasteiger partial charge in [-0.2, -0.15) is 0 Å². The molecule has 25 heavy (non-hydrogen) atoms. The molecule has 0 saturated heterocycles. The van der Waals surface area contributed by atoms with Crippen molar-refractivity contribution in [2.75, 3.05) is 13.2 Å². The predicted molar refractivity (Wildman–Crippen MR) is 107 cm³/mol. The van der Waals surface area contributed by atoms with Crippen LogP contribution < -0.4 is 5.32 Å². The summed E-state index contributed by atoms with van der Waals surface area (Å²) < 4.78 is 1.10. The molecule has 0 unspecified atom stereocenters. The van der Waals surface area contributed by atoms with E-state index in [4.69, 9.17) is 0 Å². The van der Waals surface area contributed by atoms with Crippen LogP contribution in [0.5, 0.6) is 0 Å². The molecule has 4 heteroatoms. The Kier molecular flexibility index (Phi) is 4.16. The number of aliphatic hydroxyl groups excluding tert-OH is 2. The van der Waals surface area contributed by atoms with Crippen LogP contribution in [-0.2, 0) is 6.54 Å². The van der Waals surface area contributed by atoms with Crippen LogP contribution in [0.25, 0.3) is 32.3 Å². The van der Waals surface area contributed by atoms with E-state index in [0.717, 1.165) is 10.0 Å². The van der Waals surface area contributed by atoms with Crippen molar-refractivity contribution in [2.24, 2.45) is 0 Å². The van der Waals surface area contributed by atoms with Crippen molar-refractivity contribution in [1.29, 1.82) is 0 Å². The van der Waals surface area contributed by atoms with Gasteiger partial charge in [-0.15, -0.1) is 0 Å². The summed E-state index contributed by atoms with van der Waals surface area (Å²) in [5.74, 6) is 0. The summed E-state index contributed by atoms with van der Waals surface area (Å²) in [7, 11) is 0. The van der Waals surface area contributed by atoms with Gasteiger partial charge in [-0.1, -0.05) is 58.4 Å². The Balaban J connectivity index is 1.91. The van der Waals surface area contributed by atoms with Gasteiger partial charge in [0.1, 0.15) is 0 Å². The zero-order chi connectivity index (χ0) is 17.6. The molecule has 0 aliphatic rings. The van der Waals surface area contributed by atoms with E-state index in [0.29, 0.717) is 6.54 Å². The standard InChI is InChI=1S/C21H20BrNO2/c1-21(11-24,12-25)23-10-15-3-2-13-5-8-17-18(22)9-6-14-4-7-16(15)19(13)20(14)17/h2-9,23-25H,10-12H2,1H3. The molecule has 0 aliphatic heterocycles. The van der Waals surface area contributed by atoms with Crippen LogP contribution in [0.3, 0.4) is 0 Å². The lowest BCUT2D eigenvalue weighted by atomic mass is 9.91. The second kappa shape index (κ2) is 6.22. The van der Waals surface area contributed by atoms with E-state index >= 15 is 0 Å². The first-order valence-corrected chi connectivity index (χ1v) is 9.17. The van der Waals surface area contributed by atoms with Gasteiger partial charge in [-0.25, -0.2) is 0 Å². The molecule has 4 aromatic rings. The van der Waals surface area contributed by atoms with Gasteiger partial charge < -0.3 is 15.5 Å². The third kappa shape index (κ3) is 2.70. The summed E-state index contributed by atoms with van der Waals surface area (Å²) in [6.45, 7) is 2.19. The van der Waals surface area contributed by atoms with Crippen LogP contribution in [0.15, 0.2) is 53.0 Å². The molecule has 0 aromatic heterocycles. The summed E-state index contributed by atoms with van der Waals surface area (Å²) in [6, 6.07) is 17.2. The maximum absolute atomic E-state index is 9.50. The van der Waals surface area contributed by atoms with Gasteiger partial charge in [0, 0.05) is 11.0 Å². The quantitative estimate of drug-likeness (QED) is 0.442. The highest BCUT2D eigenvalue weighted by Crippen LogP contribution is 2.38. The minimum absolute atomic E-state index is 0.109. The molecule has 0 atom stereocenters. The molecule has 0 radical (unpaired) electrons. The largest absolute Gasteiger partial charge is 0.394 e. The van der Waals surface area contributed by atoms with Gasteiger partial charge in [0.2, 0.25) is 0 Å². The Bertz CT molecular complexity index is 1060. The van der Waals surface area contributed by atoms with E-state index < -0.39 is 5.54 Å². The first-order chi connectivity index (χ1) is 12.1. The number of aliphatic hydroxyl groups is 2. The predicted octanol–water partition coefficient (Wildman–Crippen LogP) is 4.18. The third-order valence-electron chi connectivity index (χ3n) is 5.11. The minimum atomic E-state index is -0.687. The monoisotopic (exact) mass is 397 g/mol. The molecule has 3 nitrogen and oxygen atoms in total. The topological polar surface area (TPSA) is 52.5 Å². The molecular weight excluding hydrogens is 378 g/mol. The van der Waals surface area contributed by atoms with Gasteiger partial charge in [-0.05, 0) is 50.9 Å². The van der Waals surface area contributed by atoms with Crippen molar-refractivity contribution < 1.29 is 10.2 Å². The molecule has 0 aliphatic carbocycles. The van der Waals surface area contributed by atoms with Crippen molar-refractivity contribution in [3.8, 4) is 0 Å². The fourth-order valence-electron chi connectivity index (χ4n) is 3.45. The average Bonchev–Trinajstić information content (AvgIpc) is 2.66. The number of hydrogen-bond donors (Lipinski definition) is 3. The Hall–Kier alpha value is -1.72. The summed E-state index contributed by atoms with van der Waals surface area (Å²) >= 11 is 3.67.